The summed E-state index contributed by atoms with van der Waals surface area (Å²) in [6.45, 7) is 2.98. The topological polar surface area (TPSA) is 46.6 Å². The number of hydrogen-bond acceptors (Lipinski definition) is 4. The van der Waals surface area contributed by atoms with Crippen LogP contribution in [-0.4, -0.2) is 57.7 Å². The molecule has 0 spiro atoms. The summed E-state index contributed by atoms with van der Waals surface area (Å²) in [7, 11) is -2.88. The first-order valence-corrected chi connectivity index (χ1v) is 9.14. The minimum Gasteiger partial charge on any atom is -0.376 e. The number of morpholine rings is 1. The van der Waals surface area contributed by atoms with Crippen LogP contribution in [0.3, 0.4) is 0 Å². The maximum absolute atomic E-state index is 11.2. The van der Waals surface area contributed by atoms with Gasteiger partial charge in [-0.25, -0.2) is 8.42 Å². The SMILES string of the molecule is CS(=O)(=O)CCN1CCO[C@H](CCc2ccccc2)C1. The van der Waals surface area contributed by atoms with E-state index in [2.05, 4.69) is 29.2 Å². The van der Waals surface area contributed by atoms with Gasteiger partial charge in [0.15, 0.2) is 0 Å². The highest BCUT2D eigenvalue weighted by Gasteiger charge is 2.20. The van der Waals surface area contributed by atoms with Gasteiger partial charge in [-0.1, -0.05) is 30.3 Å². The lowest BCUT2D eigenvalue weighted by Crippen LogP contribution is -2.44. The van der Waals surface area contributed by atoms with E-state index in [4.69, 9.17) is 4.74 Å². The molecule has 1 atom stereocenters. The van der Waals surface area contributed by atoms with Gasteiger partial charge in [0.05, 0.1) is 18.5 Å². The molecule has 1 aromatic carbocycles. The van der Waals surface area contributed by atoms with E-state index in [1.54, 1.807) is 0 Å². The molecule has 0 aromatic heterocycles. The quantitative estimate of drug-likeness (QED) is 0.795. The van der Waals surface area contributed by atoms with E-state index in [1.807, 2.05) is 6.07 Å². The van der Waals surface area contributed by atoms with Gasteiger partial charge in [-0.3, -0.25) is 4.90 Å². The lowest BCUT2D eigenvalue weighted by molar-refractivity contribution is -0.0297. The van der Waals surface area contributed by atoms with Crippen molar-refractivity contribution in [3.8, 4) is 0 Å². The van der Waals surface area contributed by atoms with Crippen LogP contribution in [0.25, 0.3) is 0 Å². The minimum atomic E-state index is -2.88. The van der Waals surface area contributed by atoms with Gasteiger partial charge in [0.2, 0.25) is 0 Å². The van der Waals surface area contributed by atoms with Gasteiger partial charge in [-0.05, 0) is 18.4 Å². The molecule has 1 aliphatic rings. The van der Waals surface area contributed by atoms with Crippen LogP contribution < -0.4 is 0 Å². The number of ether oxygens (including phenoxy) is 1. The van der Waals surface area contributed by atoms with Crippen molar-refractivity contribution in [3.63, 3.8) is 0 Å². The van der Waals surface area contributed by atoms with E-state index in [-0.39, 0.29) is 11.9 Å². The Morgan fingerprint density at radius 2 is 2.05 bits per heavy atom. The second-order valence-corrected chi connectivity index (χ2v) is 7.71. The van der Waals surface area contributed by atoms with Crippen molar-refractivity contribution in [2.75, 3.05) is 38.2 Å². The Morgan fingerprint density at radius 3 is 2.75 bits per heavy atom. The fraction of sp³-hybridized carbons (Fsp3) is 0.600. The molecule has 1 saturated heterocycles. The Bertz CT molecular complexity index is 501. The molecule has 5 heteroatoms. The molecule has 0 amide bonds. The molecule has 20 heavy (non-hydrogen) atoms. The molecule has 1 fully saturated rings. The van der Waals surface area contributed by atoms with Crippen LogP contribution in [0.2, 0.25) is 0 Å². The lowest BCUT2D eigenvalue weighted by atomic mass is 10.1. The highest BCUT2D eigenvalue weighted by Crippen LogP contribution is 2.12. The van der Waals surface area contributed by atoms with Crippen molar-refractivity contribution in [1.82, 2.24) is 4.90 Å². The lowest BCUT2D eigenvalue weighted by Gasteiger charge is -2.32. The van der Waals surface area contributed by atoms with Crippen molar-refractivity contribution < 1.29 is 13.2 Å². The summed E-state index contributed by atoms with van der Waals surface area (Å²) < 4.78 is 28.2. The molecule has 2 rings (SSSR count). The monoisotopic (exact) mass is 297 g/mol. The summed E-state index contributed by atoms with van der Waals surface area (Å²) in [5.41, 5.74) is 1.32. The van der Waals surface area contributed by atoms with Crippen LogP contribution in [0.5, 0.6) is 0 Å². The molecular weight excluding hydrogens is 274 g/mol. The summed E-state index contributed by atoms with van der Waals surface area (Å²) >= 11 is 0. The molecule has 0 aliphatic carbocycles. The van der Waals surface area contributed by atoms with Gasteiger partial charge in [0.1, 0.15) is 9.84 Å². The molecule has 0 N–H and O–H groups in total. The third-order valence-corrected chi connectivity index (χ3v) is 4.52. The van der Waals surface area contributed by atoms with E-state index in [1.165, 1.54) is 11.8 Å². The zero-order valence-corrected chi connectivity index (χ0v) is 12.8. The summed E-state index contributed by atoms with van der Waals surface area (Å²) in [4.78, 5) is 2.19. The van der Waals surface area contributed by atoms with E-state index in [9.17, 15) is 8.42 Å². The third-order valence-electron chi connectivity index (χ3n) is 3.60. The predicted octanol–water partition coefficient (Wildman–Crippen LogP) is 1.36. The highest BCUT2D eigenvalue weighted by atomic mass is 32.2. The molecule has 112 valence electrons. The molecule has 0 unspecified atom stereocenters. The van der Waals surface area contributed by atoms with Gasteiger partial charge in [0, 0.05) is 25.9 Å². The van der Waals surface area contributed by atoms with Crippen molar-refractivity contribution in [2.24, 2.45) is 0 Å². The number of rotatable bonds is 6. The van der Waals surface area contributed by atoms with E-state index < -0.39 is 9.84 Å². The molecule has 4 nitrogen and oxygen atoms in total. The molecule has 1 heterocycles. The average molecular weight is 297 g/mol. The van der Waals surface area contributed by atoms with Crippen LogP contribution >= 0.6 is 0 Å². The summed E-state index contributed by atoms with van der Waals surface area (Å²) in [5.74, 6) is 0.235. The largest absolute Gasteiger partial charge is 0.376 e. The van der Waals surface area contributed by atoms with E-state index in [0.29, 0.717) is 13.2 Å². The van der Waals surface area contributed by atoms with Crippen LogP contribution in [0.1, 0.15) is 12.0 Å². The zero-order valence-electron chi connectivity index (χ0n) is 12.0. The molecule has 0 radical (unpaired) electrons. The standard InChI is InChI=1S/C15H23NO3S/c1-20(17,18)12-10-16-9-11-19-15(13-16)8-7-14-5-3-2-4-6-14/h2-6,15H,7-13H2,1H3/t15-/m1/s1. The Morgan fingerprint density at radius 1 is 1.30 bits per heavy atom. The summed E-state index contributed by atoms with van der Waals surface area (Å²) in [6.07, 6.45) is 3.49. The van der Waals surface area contributed by atoms with Gasteiger partial charge < -0.3 is 4.74 Å². The predicted molar refractivity (Wildman–Crippen MR) is 80.7 cm³/mol. The second-order valence-electron chi connectivity index (χ2n) is 5.45. The summed E-state index contributed by atoms with van der Waals surface area (Å²) in [5, 5.41) is 0. The van der Waals surface area contributed by atoms with Crippen LogP contribution in [0.15, 0.2) is 30.3 Å². The van der Waals surface area contributed by atoms with Crippen molar-refractivity contribution in [1.29, 1.82) is 0 Å². The number of hydrogen-bond donors (Lipinski definition) is 0. The maximum atomic E-state index is 11.2. The van der Waals surface area contributed by atoms with Crippen molar-refractivity contribution in [3.05, 3.63) is 35.9 Å². The smallest absolute Gasteiger partial charge is 0.148 e. The number of sulfone groups is 1. The molecule has 0 bridgehead atoms. The number of benzene rings is 1. The van der Waals surface area contributed by atoms with Crippen LogP contribution in [0.4, 0.5) is 0 Å². The third kappa shape index (κ3) is 5.61. The molecular formula is C15H23NO3S. The normalized spacial score (nSPS) is 20.9. The van der Waals surface area contributed by atoms with Gasteiger partial charge in [-0.15, -0.1) is 0 Å². The Balaban J connectivity index is 1.76. The van der Waals surface area contributed by atoms with Crippen LogP contribution in [0, 0.1) is 0 Å². The Kier molecular flexibility index (Phi) is 5.57. The first-order chi connectivity index (χ1) is 9.53. The van der Waals surface area contributed by atoms with Crippen molar-refractivity contribution in [2.45, 2.75) is 18.9 Å². The van der Waals surface area contributed by atoms with Gasteiger partial charge in [-0.2, -0.15) is 0 Å². The fourth-order valence-corrected chi connectivity index (χ4v) is 3.02. The zero-order chi connectivity index (χ0) is 14.4. The fourth-order valence-electron chi connectivity index (χ4n) is 2.43. The van der Waals surface area contributed by atoms with Gasteiger partial charge in [0.25, 0.3) is 0 Å². The highest BCUT2D eigenvalue weighted by molar-refractivity contribution is 7.90. The minimum absolute atomic E-state index is 0.212. The van der Waals surface area contributed by atoms with E-state index in [0.717, 1.165) is 25.9 Å². The van der Waals surface area contributed by atoms with Crippen LogP contribution in [-0.2, 0) is 21.0 Å². The van der Waals surface area contributed by atoms with Crippen molar-refractivity contribution >= 4 is 9.84 Å². The second kappa shape index (κ2) is 7.20. The Labute approximate surface area is 121 Å². The molecule has 1 aliphatic heterocycles. The average Bonchev–Trinajstić information content (AvgIpc) is 2.44. The van der Waals surface area contributed by atoms with E-state index >= 15 is 0 Å². The Hall–Kier alpha value is -0.910. The number of aryl methyl sites for hydroxylation is 1. The first kappa shape index (κ1) is 15.5. The maximum Gasteiger partial charge on any atom is 0.148 e. The first-order valence-electron chi connectivity index (χ1n) is 7.08. The van der Waals surface area contributed by atoms with Gasteiger partial charge >= 0.3 is 0 Å². The molecule has 1 aromatic rings. The number of nitrogens with zero attached hydrogens (tertiary/aromatic N) is 1. The summed E-state index contributed by atoms with van der Waals surface area (Å²) in [6, 6.07) is 10.4. The molecule has 0 saturated carbocycles.